The molecule has 0 heterocycles. The maximum atomic E-state index is 10.8. The smallest absolute Gasteiger partial charge is 0.219 e. The predicted octanol–water partition coefficient (Wildman–Crippen LogP) is 4.93. The molecule has 17 heavy (non-hydrogen) atoms. The van der Waals surface area contributed by atoms with Crippen molar-refractivity contribution in [2.24, 2.45) is 0 Å². The molecule has 0 fully saturated rings. The molecule has 0 unspecified atom stereocenters. The molecule has 0 radical (unpaired) electrons. The van der Waals surface area contributed by atoms with Crippen LogP contribution in [0, 0.1) is 0 Å². The van der Waals surface area contributed by atoms with Gasteiger partial charge in [-0.15, -0.1) is 0 Å². The van der Waals surface area contributed by atoms with Gasteiger partial charge in [0.15, 0.2) is 0 Å². The first-order valence-electron chi connectivity index (χ1n) is 7.58. The molecule has 0 spiro atoms. The van der Waals surface area contributed by atoms with Crippen molar-refractivity contribution >= 4 is 5.91 Å². The van der Waals surface area contributed by atoms with Gasteiger partial charge < -0.3 is 5.32 Å². The summed E-state index contributed by atoms with van der Waals surface area (Å²) in [4.78, 5) is 10.8. The lowest BCUT2D eigenvalue weighted by molar-refractivity contribution is -0.120. The molecule has 0 aromatic carbocycles. The summed E-state index contributed by atoms with van der Waals surface area (Å²) in [6.45, 7) is 13.0. The Morgan fingerprint density at radius 1 is 0.824 bits per heavy atom. The molecule has 0 aromatic rings. The van der Waals surface area contributed by atoms with Crippen LogP contribution < -0.4 is 5.32 Å². The molecular weight excluding hydrogens is 210 g/mol. The molecule has 0 aliphatic heterocycles. The van der Waals surface area contributed by atoms with E-state index in [2.05, 4.69) is 12.2 Å². The van der Waals surface area contributed by atoms with Crippen LogP contribution >= 0.6 is 0 Å². The molecule has 0 aliphatic carbocycles. The zero-order valence-electron chi connectivity index (χ0n) is 13.1. The molecule has 1 N–H and O–H groups in total. The fourth-order valence-corrected chi connectivity index (χ4v) is 1.26. The highest BCUT2D eigenvalue weighted by molar-refractivity contribution is 5.75. The number of unbranched alkanes of at least 4 members (excludes halogenated alkanes) is 5. The van der Waals surface area contributed by atoms with E-state index in [-0.39, 0.29) is 5.91 Å². The van der Waals surface area contributed by atoms with Crippen molar-refractivity contribution in [3.05, 3.63) is 0 Å². The SMILES string of the molecule is CC.CC.CCCCCCCCNC(=O)CC. The highest BCUT2D eigenvalue weighted by Crippen LogP contribution is 2.03. The van der Waals surface area contributed by atoms with Crippen molar-refractivity contribution in [3.8, 4) is 0 Å². The van der Waals surface area contributed by atoms with Crippen molar-refractivity contribution < 1.29 is 4.79 Å². The Bertz CT molecular complexity index is 124. The van der Waals surface area contributed by atoms with Crippen molar-refractivity contribution in [3.63, 3.8) is 0 Å². The van der Waals surface area contributed by atoms with Gasteiger partial charge in [-0.3, -0.25) is 4.79 Å². The molecule has 0 saturated carbocycles. The molecule has 0 aromatic heterocycles. The minimum Gasteiger partial charge on any atom is -0.356 e. The normalized spacial score (nSPS) is 8.35. The van der Waals surface area contributed by atoms with Crippen molar-refractivity contribution in [1.82, 2.24) is 5.32 Å². The summed E-state index contributed by atoms with van der Waals surface area (Å²) >= 11 is 0. The van der Waals surface area contributed by atoms with E-state index >= 15 is 0 Å². The Hall–Kier alpha value is -0.530. The van der Waals surface area contributed by atoms with Crippen LogP contribution in [-0.2, 0) is 4.79 Å². The van der Waals surface area contributed by atoms with E-state index in [1.807, 2.05) is 34.6 Å². The molecular formula is C15H35NO. The molecule has 0 saturated heterocycles. The second-order valence-electron chi connectivity index (χ2n) is 3.47. The van der Waals surface area contributed by atoms with Gasteiger partial charge in [-0.05, 0) is 6.42 Å². The first-order chi connectivity index (χ1) is 8.31. The second kappa shape index (κ2) is 24.6. The summed E-state index contributed by atoms with van der Waals surface area (Å²) in [6, 6.07) is 0. The summed E-state index contributed by atoms with van der Waals surface area (Å²) in [5, 5.41) is 2.88. The van der Waals surface area contributed by atoms with E-state index in [9.17, 15) is 4.79 Å². The van der Waals surface area contributed by atoms with E-state index < -0.39 is 0 Å². The number of carbonyl (C=O) groups excluding carboxylic acids is 1. The third-order valence-corrected chi connectivity index (χ3v) is 2.17. The fraction of sp³-hybridized carbons (Fsp3) is 0.933. The summed E-state index contributed by atoms with van der Waals surface area (Å²) in [5.41, 5.74) is 0. The van der Waals surface area contributed by atoms with Crippen LogP contribution in [0.5, 0.6) is 0 Å². The number of carbonyl (C=O) groups is 1. The lowest BCUT2D eigenvalue weighted by Gasteiger charge is -2.02. The lowest BCUT2D eigenvalue weighted by Crippen LogP contribution is -2.23. The maximum absolute atomic E-state index is 10.8. The zero-order chi connectivity index (χ0) is 13.9. The number of hydrogen-bond acceptors (Lipinski definition) is 1. The van der Waals surface area contributed by atoms with Gasteiger partial charge in [-0.2, -0.15) is 0 Å². The van der Waals surface area contributed by atoms with Crippen molar-refractivity contribution in [1.29, 1.82) is 0 Å². The number of rotatable bonds is 8. The molecule has 2 heteroatoms. The van der Waals surface area contributed by atoms with Gasteiger partial charge in [-0.25, -0.2) is 0 Å². The van der Waals surface area contributed by atoms with Gasteiger partial charge in [0.05, 0.1) is 0 Å². The van der Waals surface area contributed by atoms with Crippen LogP contribution in [0.15, 0.2) is 0 Å². The Kier molecular flexibility index (Phi) is 31.5. The van der Waals surface area contributed by atoms with Crippen LogP contribution in [0.25, 0.3) is 0 Å². The molecule has 0 bridgehead atoms. The molecule has 0 aliphatic rings. The Balaban J connectivity index is -0.000000439. The lowest BCUT2D eigenvalue weighted by atomic mass is 10.1. The highest BCUT2D eigenvalue weighted by atomic mass is 16.1. The number of amides is 1. The van der Waals surface area contributed by atoms with E-state index in [0.29, 0.717) is 6.42 Å². The monoisotopic (exact) mass is 245 g/mol. The van der Waals surface area contributed by atoms with E-state index in [4.69, 9.17) is 0 Å². The molecule has 0 atom stereocenters. The van der Waals surface area contributed by atoms with Crippen LogP contribution in [-0.4, -0.2) is 12.5 Å². The first-order valence-corrected chi connectivity index (χ1v) is 7.58. The molecule has 106 valence electrons. The van der Waals surface area contributed by atoms with Gasteiger partial charge in [-0.1, -0.05) is 73.6 Å². The minimum absolute atomic E-state index is 0.175. The highest BCUT2D eigenvalue weighted by Gasteiger charge is 1.94. The van der Waals surface area contributed by atoms with Gasteiger partial charge >= 0.3 is 0 Å². The topological polar surface area (TPSA) is 29.1 Å². The Morgan fingerprint density at radius 3 is 1.76 bits per heavy atom. The summed E-state index contributed by atoms with van der Waals surface area (Å²) in [6.07, 6.45) is 8.30. The van der Waals surface area contributed by atoms with Crippen molar-refractivity contribution in [2.75, 3.05) is 6.54 Å². The first kappa shape index (κ1) is 21.7. The van der Waals surface area contributed by atoms with E-state index in [1.54, 1.807) is 0 Å². The number of hydrogen-bond donors (Lipinski definition) is 1. The largest absolute Gasteiger partial charge is 0.356 e. The minimum atomic E-state index is 0.175. The standard InChI is InChI=1S/C11H23NO.2C2H6/c1-3-5-6-7-8-9-10-12-11(13)4-2;2*1-2/h3-10H2,1-2H3,(H,12,13);2*1-2H3. The molecule has 1 amide bonds. The van der Waals surface area contributed by atoms with E-state index in [1.165, 1.54) is 32.1 Å². The van der Waals surface area contributed by atoms with Crippen LogP contribution in [0.3, 0.4) is 0 Å². The average molecular weight is 245 g/mol. The predicted molar refractivity (Wildman–Crippen MR) is 79.4 cm³/mol. The summed E-state index contributed by atoms with van der Waals surface area (Å²) in [5.74, 6) is 0.175. The summed E-state index contributed by atoms with van der Waals surface area (Å²) in [7, 11) is 0. The Labute approximate surface area is 110 Å². The zero-order valence-corrected chi connectivity index (χ0v) is 13.1. The van der Waals surface area contributed by atoms with Gasteiger partial charge in [0.1, 0.15) is 0 Å². The molecule has 2 nitrogen and oxygen atoms in total. The third kappa shape index (κ3) is 25.6. The van der Waals surface area contributed by atoms with Gasteiger partial charge in [0.25, 0.3) is 0 Å². The van der Waals surface area contributed by atoms with Crippen LogP contribution in [0.2, 0.25) is 0 Å². The maximum Gasteiger partial charge on any atom is 0.219 e. The second-order valence-corrected chi connectivity index (χ2v) is 3.47. The quantitative estimate of drug-likeness (QED) is 0.604. The van der Waals surface area contributed by atoms with Crippen molar-refractivity contribution in [2.45, 2.75) is 86.5 Å². The van der Waals surface area contributed by atoms with Gasteiger partial charge in [0, 0.05) is 13.0 Å². The average Bonchev–Trinajstić information content (AvgIpc) is 2.42. The third-order valence-electron chi connectivity index (χ3n) is 2.17. The van der Waals surface area contributed by atoms with Crippen LogP contribution in [0.1, 0.15) is 86.5 Å². The summed E-state index contributed by atoms with van der Waals surface area (Å²) < 4.78 is 0. The fourth-order valence-electron chi connectivity index (χ4n) is 1.26. The van der Waals surface area contributed by atoms with Crippen LogP contribution in [0.4, 0.5) is 0 Å². The Morgan fingerprint density at radius 2 is 1.29 bits per heavy atom. The van der Waals surface area contributed by atoms with Gasteiger partial charge in [0.2, 0.25) is 5.91 Å². The molecule has 0 rings (SSSR count). The number of nitrogens with one attached hydrogen (secondary N) is 1. The van der Waals surface area contributed by atoms with E-state index in [0.717, 1.165) is 13.0 Å².